The maximum Gasteiger partial charge on any atom is 0.219 e. The molecular weight excluding hydrogens is 304 g/mol. The molecule has 2 saturated heterocycles. The van der Waals surface area contributed by atoms with E-state index in [2.05, 4.69) is 11.0 Å². The Hall–Kier alpha value is -1.75. The number of carbonyl (C=O) groups excluding carboxylic acids is 1. The van der Waals surface area contributed by atoms with Gasteiger partial charge in [-0.1, -0.05) is 0 Å². The first-order valence-corrected chi connectivity index (χ1v) is 8.84. The number of hydrogen-bond acceptors (Lipinski definition) is 4. The molecule has 0 N–H and O–H groups in total. The number of hydrogen-bond donors (Lipinski definition) is 0. The van der Waals surface area contributed by atoms with Gasteiger partial charge >= 0.3 is 0 Å². The van der Waals surface area contributed by atoms with Crippen molar-refractivity contribution in [2.75, 3.05) is 40.4 Å². The standard InChI is InChI=1S/C19H28N2O3/c1-14(22)20-10-7-16(8-11-20)21-9-6-15(13-21)18-12-17(23-2)4-5-19(18)24-3/h4-5,12,15-16H,6-11,13H2,1-3H3/t15-/m1/s1. The quantitative estimate of drug-likeness (QED) is 0.850. The van der Waals surface area contributed by atoms with Crippen molar-refractivity contribution >= 4 is 5.91 Å². The average Bonchev–Trinajstić information content (AvgIpc) is 3.11. The summed E-state index contributed by atoms with van der Waals surface area (Å²) in [4.78, 5) is 16.0. The zero-order valence-corrected chi connectivity index (χ0v) is 15.0. The number of carbonyl (C=O) groups is 1. The Labute approximate surface area is 144 Å². The van der Waals surface area contributed by atoms with Crippen LogP contribution in [0.15, 0.2) is 18.2 Å². The fraction of sp³-hybridized carbons (Fsp3) is 0.632. The Morgan fingerprint density at radius 1 is 1.08 bits per heavy atom. The lowest BCUT2D eigenvalue weighted by molar-refractivity contribution is -0.130. The van der Waals surface area contributed by atoms with E-state index in [4.69, 9.17) is 9.47 Å². The van der Waals surface area contributed by atoms with E-state index in [1.165, 1.54) is 5.56 Å². The van der Waals surface area contributed by atoms with Gasteiger partial charge in [-0.3, -0.25) is 9.69 Å². The van der Waals surface area contributed by atoms with E-state index in [0.29, 0.717) is 12.0 Å². The van der Waals surface area contributed by atoms with Crippen molar-refractivity contribution < 1.29 is 14.3 Å². The second-order valence-corrected chi connectivity index (χ2v) is 6.83. The number of benzene rings is 1. The molecule has 1 atom stereocenters. The zero-order valence-electron chi connectivity index (χ0n) is 15.0. The van der Waals surface area contributed by atoms with E-state index >= 15 is 0 Å². The highest BCUT2D eigenvalue weighted by molar-refractivity contribution is 5.73. The van der Waals surface area contributed by atoms with Crippen LogP contribution < -0.4 is 9.47 Å². The fourth-order valence-electron chi connectivity index (χ4n) is 4.08. The van der Waals surface area contributed by atoms with Crippen LogP contribution >= 0.6 is 0 Å². The molecular formula is C19H28N2O3. The summed E-state index contributed by atoms with van der Waals surface area (Å²) in [6.45, 7) is 5.64. The van der Waals surface area contributed by atoms with E-state index in [-0.39, 0.29) is 5.91 Å². The van der Waals surface area contributed by atoms with Crippen LogP contribution in [-0.2, 0) is 4.79 Å². The summed E-state index contributed by atoms with van der Waals surface area (Å²) in [5.74, 6) is 2.53. The van der Waals surface area contributed by atoms with Crippen molar-refractivity contribution in [3.05, 3.63) is 23.8 Å². The van der Waals surface area contributed by atoms with E-state index in [0.717, 1.165) is 56.9 Å². The first kappa shape index (κ1) is 17.1. The third kappa shape index (κ3) is 3.51. The maximum absolute atomic E-state index is 11.5. The summed E-state index contributed by atoms with van der Waals surface area (Å²) in [5, 5.41) is 0. The first-order valence-electron chi connectivity index (χ1n) is 8.84. The van der Waals surface area contributed by atoms with E-state index in [9.17, 15) is 4.79 Å². The zero-order chi connectivity index (χ0) is 17.1. The van der Waals surface area contributed by atoms with Gasteiger partial charge in [-0.25, -0.2) is 0 Å². The molecule has 0 aliphatic carbocycles. The molecule has 0 spiro atoms. The molecule has 0 aromatic heterocycles. The fourth-order valence-corrected chi connectivity index (χ4v) is 4.08. The third-order valence-electron chi connectivity index (χ3n) is 5.52. The van der Waals surface area contributed by atoms with Gasteiger partial charge in [0.15, 0.2) is 0 Å². The summed E-state index contributed by atoms with van der Waals surface area (Å²) in [6.07, 6.45) is 3.32. The summed E-state index contributed by atoms with van der Waals surface area (Å²) in [5.41, 5.74) is 1.25. The number of nitrogens with zero attached hydrogens (tertiary/aromatic N) is 2. The predicted molar refractivity (Wildman–Crippen MR) is 93.8 cm³/mol. The van der Waals surface area contributed by atoms with Gasteiger partial charge in [0.2, 0.25) is 5.91 Å². The van der Waals surface area contributed by atoms with Crippen LogP contribution in [-0.4, -0.2) is 62.1 Å². The van der Waals surface area contributed by atoms with Crippen molar-refractivity contribution in [3.63, 3.8) is 0 Å². The highest BCUT2D eigenvalue weighted by Gasteiger charge is 2.33. The normalized spacial score (nSPS) is 22.6. The SMILES string of the molecule is COc1ccc(OC)c([C@@H]2CCN(C3CCN(C(C)=O)CC3)C2)c1. The lowest BCUT2D eigenvalue weighted by Gasteiger charge is -2.36. The minimum absolute atomic E-state index is 0.203. The van der Waals surface area contributed by atoms with E-state index in [1.54, 1.807) is 21.1 Å². The Balaban J connectivity index is 1.65. The van der Waals surface area contributed by atoms with Gasteiger partial charge in [0.1, 0.15) is 11.5 Å². The van der Waals surface area contributed by atoms with Crippen molar-refractivity contribution in [1.29, 1.82) is 0 Å². The van der Waals surface area contributed by atoms with Crippen LogP contribution in [0.2, 0.25) is 0 Å². The lowest BCUT2D eigenvalue weighted by Crippen LogP contribution is -2.45. The highest BCUT2D eigenvalue weighted by Crippen LogP contribution is 2.37. The van der Waals surface area contributed by atoms with Crippen LogP contribution in [0.25, 0.3) is 0 Å². The summed E-state index contributed by atoms with van der Waals surface area (Å²) in [6, 6.07) is 6.67. The highest BCUT2D eigenvalue weighted by atomic mass is 16.5. The molecule has 1 amide bonds. The van der Waals surface area contributed by atoms with Gasteiger partial charge in [-0.05, 0) is 44.0 Å². The van der Waals surface area contributed by atoms with Gasteiger partial charge < -0.3 is 14.4 Å². The molecule has 3 rings (SSSR count). The first-order chi connectivity index (χ1) is 11.6. The molecule has 132 valence electrons. The molecule has 1 aromatic rings. The number of piperidine rings is 1. The van der Waals surface area contributed by atoms with Crippen LogP contribution in [0.4, 0.5) is 0 Å². The molecule has 1 aromatic carbocycles. The smallest absolute Gasteiger partial charge is 0.219 e. The number of methoxy groups -OCH3 is 2. The molecule has 2 fully saturated rings. The molecule has 2 aliphatic rings. The topological polar surface area (TPSA) is 42.0 Å². The molecule has 5 heteroatoms. The third-order valence-corrected chi connectivity index (χ3v) is 5.52. The van der Waals surface area contributed by atoms with E-state index in [1.807, 2.05) is 17.0 Å². The Morgan fingerprint density at radius 3 is 2.46 bits per heavy atom. The maximum atomic E-state index is 11.5. The summed E-state index contributed by atoms with van der Waals surface area (Å²) in [7, 11) is 3.44. The predicted octanol–water partition coefficient (Wildman–Crippen LogP) is 2.50. The second kappa shape index (κ2) is 7.43. The van der Waals surface area contributed by atoms with Crippen LogP contribution in [0.1, 0.15) is 37.7 Å². The van der Waals surface area contributed by atoms with Gasteiger partial charge in [-0.15, -0.1) is 0 Å². The van der Waals surface area contributed by atoms with Crippen LogP contribution in [0.3, 0.4) is 0 Å². The Bertz CT molecular complexity index is 582. The minimum Gasteiger partial charge on any atom is -0.497 e. The number of amides is 1. The van der Waals surface area contributed by atoms with Crippen molar-refractivity contribution in [2.45, 2.75) is 38.1 Å². The average molecular weight is 332 g/mol. The number of likely N-dealkylation sites (tertiary alicyclic amines) is 2. The molecule has 0 radical (unpaired) electrons. The van der Waals surface area contributed by atoms with Gasteiger partial charge in [-0.2, -0.15) is 0 Å². The Kier molecular flexibility index (Phi) is 5.29. The van der Waals surface area contributed by atoms with Crippen molar-refractivity contribution in [2.24, 2.45) is 0 Å². The van der Waals surface area contributed by atoms with Crippen molar-refractivity contribution in [3.8, 4) is 11.5 Å². The second-order valence-electron chi connectivity index (χ2n) is 6.83. The number of ether oxygens (including phenoxy) is 2. The van der Waals surface area contributed by atoms with Gasteiger partial charge in [0.05, 0.1) is 14.2 Å². The number of rotatable bonds is 4. The molecule has 0 bridgehead atoms. The molecule has 2 aliphatic heterocycles. The molecule has 24 heavy (non-hydrogen) atoms. The van der Waals surface area contributed by atoms with Crippen molar-refractivity contribution in [1.82, 2.24) is 9.80 Å². The summed E-state index contributed by atoms with van der Waals surface area (Å²) < 4.78 is 10.9. The van der Waals surface area contributed by atoms with E-state index < -0.39 is 0 Å². The minimum atomic E-state index is 0.203. The van der Waals surface area contributed by atoms with Gasteiger partial charge in [0, 0.05) is 44.1 Å². The lowest BCUT2D eigenvalue weighted by atomic mass is 9.97. The monoisotopic (exact) mass is 332 g/mol. The molecule has 0 saturated carbocycles. The van der Waals surface area contributed by atoms with Gasteiger partial charge in [0.25, 0.3) is 0 Å². The largest absolute Gasteiger partial charge is 0.497 e. The molecule has 0 unspecified atom stereocenters. The molecule has 5 nitrogen and oxygen atoms in total. The summed E-state index contributed by atoms with van der Waals surface area (Å²) >= 11 is 0. The van der Waals surface area contributed by atoms with Crippen LogP contribution in [0.5, 0.6) is 11.5 Å². The van der Waals surface area contributed by atoms with Crippen LogP contribution in [0, 0.1) is 0 Å². The Morgan fingerprint density at radius 2 is 1.83 bits per heavy atom. The molecule has 2 heterocycles.